The summed E-state index contributed by atoms with van der Waals surface area (Å²) < 4.78 is 0. The van der Waals surface area contributed by atoms with Crippen LogP contribution in [0.25, 0.3) is 11.4 Å². The highest BCUT2D eigenvalue weighted by molar-refractivity contribution is 5.56. The van der Waals surface area contributed by atoms with E-state index in [1.807, 2.05) is 19.1 Å². The number of aromatic nitrogens is 3. The fourth-order valence-electron chi connectivity index (χ4n) is 4.46. The molecule has 0 spiro atoms. The van der Waals surface area contributed by atoms with E-state index >= 15 is 0 Å². The van der Waals surface area contributed by atoms with E-state index < -0.39 is 0 Å². The van der Waals surface area contributed by atoms with Gasteiger partial charge in [0.25, 0.3) is 5.56 Å². The van der Waals surface area contributed by atoms with Crippen LogP contribution >= 0.6 is 0 Å². The van der Waals surface area contributed by atoms with Gasteiger partial charge in [0.15, 0.2) is 0 Å². The standard InChI is InChI=1S/C21H29N5O2/c1-2-16-11-20(28)24-21(23-16)15-7-8-19(22-12-15)26-10-4-5-17(26)13-25-9-3-6-18(25)14-27/h7-8,11-12,17-18,27H,2-6,9-10,13-14H2,1H3,(H,23,24,28). The van der Waals surface area contributed by atoms with Gasteiger partial charge in [-0.3, -0.25) is 9.69 Å². The first-order chi connectivity index (χ1) is 13.7. The molecule has 28 heavy (non-hydrogen) atoms. The van der Waals surface area contributed by atoms with Gasteiger partial charge in [0.2, 0.25) is 0 Å². The van der Waals surface area contributed by atoms with Crippen molar-refractivity contribution in [2.45, 2.75) is 51.1 Å². The fourth-order valence-corrected chi connectivity index (χ4v) is 4.46. The summed E-state index contributed by atoms with van der Waals surface area (Å²) in [5.74, 6) is 1.55. The quantitative estimate of drug-likeness (QED) is 0.791. The predicted molar refractivity (Wildman–Crippen MR) is 110 cm³/mol. The number of aryl methyl sites for hydroxylation is 1. The van der Waals surface area contributed by atoms with Gasteiger partial charge >= 0.3 is 0 Å². The zero-order valence-electron chi connectivity index (χ0n) is 16.5. The first-order valence-electron chi connectivity index (χ1n) is 10.4. The van der Waals surface area contributed by atoms with Gasteiger partial charge < -0.3 is 15.0 Å². The Bertz CT molecular complexity index is 851. The largest absolute Gasteiger partial charge is 0.395 e. The summed E-state index contributed by atoms with van der Waals surface area (Å²) >= 11 is 0. The van der Waals surface area contributed by atoms with Crippen LogP contribution in [0.5, 0.6) is 0 Å². The van der Waals surface area contributed by atoms with E-state index in [0.717, 1.165) is 56.0 Å². The number of rotatable bonds is 6. The molecule has 7 nitrogen and oxygen atoms in total. The molecule has 0 aliphatic carbocycles. The summed E-state index contributed by atoms with van der Waals surface area (Å²) in [6.45, 7) is 5.32. The molecule has 2 fully saturated rings. The fraction of sp³-hybridized carbons (Fsp3) is 0.571. The van der Waals surface area contributed by atoms with Crippen LogP contribution < -0.4 is 10.5 Å². The molecule has 2 aliphatic rings. The van der Waals surface area contributed by atoms with Crippen molar-refractivity contribution in [2.75, 3.05) is 31.1 Å². The summed E-state index contributed by atoms with van der Waals surface area (Å²) in [5, 5.41) is 9.59. The molecule has 150 valence electrons. The molecule has 7 heteroatoms. The smallest absolute Gasteiger partial charge is 0.251 e. The molecule has 2 aromatic rings. The van der Waals surface area contributed by atoms with Crippen molar-refractivity contribution in [3.05, 3.63) is 40.4 Å². The minimum absolute atomic E-state index is 0.130. The van der Waals surface area contributed by atoms with Crippen molar-refractivity contribution in [3.8, 4) is 11.4 Å². The number of pyridine rings is 1. The molecule has 0 aromatic carbocycles. The van der Waals surface area contributed by atoms with Gasteiger partial charge in [-0.15, -0.1) is 0 Å². The van der Waals surface area contributed by atoms with Crippen molar-refractivity contribution in [1.29, 1.82) is 0 Å². The lowest BCUT2D eigenvalue weighted by Crippen LogP contribution is -2.43. The van der Waals surface area contributed by atoms with E-state index in [9.17, 15) is 9.90 Å². The van der Waals surface area contributed by atoms with Gasteiger partial charge in [-0.2, -0.15) is 0 Å². The van der Waals surface area contributed by atoms with Crippen LogP contribution in [-0.4, -0.2) is 63.3 Å². The Morgan fingerprint density at radius 2 is 2.04 bits per heavy atom. The van der Waals surface area contributed by atoms with Crippen molar-refractivity contribution >= 4 is 5.82 Å². The van der Waals surface area contributed by atoms with Gasteiger partial charge in [0.1, 0.15) is 11.6 Å². The summed E-state index contributed by atoms with van der Waals surface area (Å²) in [6, 6.07) is 6.30. The number of nitrogens with one attached hydrogen (secondary N) is 1. The minimum atomic E-state index is -0.130. The Hall–Kier alpha value is -2.25. The summed E-state index contributed by atoms with van der Waals surface area (Å²) in [4.78, 5) is 28.6. The lowest BCUT2D eigenvalue weighted by atomic mass is 10.1. The molecule has 0 radical (unpaired) electrons. The van der Waals surface area contributed by atoms with E-state index in [-0.39, 0.29) is 12.2 Å². The monoisotopic (exact) mass is 383 g/mol. The van der Waals surface area contributed by atoms with E-state index in [2.05, 4.69) is 24.8 Å². The Morgan fingerprint density at radius 1 is 1.21 bits per heavy atom. The van der Waals surface area contributed by atoms with Gasteiger partial charge in [-0.05, 0) is 50.8 Å². The molecule has 2 unspecified atom stereocenters. The highest BCUT2D eigenvalue weighted by Crippen LogP contribution is 2.28. The molecule has 0 amide bonds. The Balaban J connectivity index is 1.50. The number of aliphatic hydroxyl groups excluding tert-OH is 1. The van der Waals surface area contributed by atoms with Crippen LogP contribution in [0.15, 0.2) is 29.2 Å². The number of H-pyrrole nitrogens is 1. The molecular weight excluding hydrogens is 354 g/mol. The second-order valence-corrected chi connectivity index (χ2v) is 7.81. The van der Waals surface area contributed by atoms with Crippen molar-refractivity contribution < 1.29 is 5.11 Å². The molecule has 0 saturated carbocycles. The number of hydrogen-bond acceptors (Lipinski definition) is 6. The molecule has 2 N–H and O–H groups in total. The van der Waals surface area contributed by atoms with Crippen LogP contribution in [-0.2, 0) is 6.42 Å². The lowest BCUT2D eigenvalue weighted by Gasteiger charge is -2.32. The maximum absolute atomic E-state index is 11.8. The number of nitrogens with zero attached hydrogens (tertiary/aromatic N) is 4. The van der Waals surface area contributed by atoms with Crippen molar-refractivity contribution in [3.63, 3.8) is 0 Å². The third kappa shape index (κ3) is 3.95. The van der Waals surface area contributed by atoms with Crippen LogP contribution in [0.4, 0.5) is 5.82 Å². The number of aliphatic hydroxyl groups is 1. The first kappa shape index (κ1) is 19.1. The zero-order valence-corrected chi connectivity index (χ0v) is 16.5. The van der Waals surface area contributed by atoms with E-state index in [4.69, 9.17) is 0 Å². The highest BCUT2D eigenvalue weighted by atomic mass is 16.3. The molecule has 2 aromatic heterocycles. The van der Waals surface area contributed by atoms with E-state index in [1.165, 1.54) is 18.9 Å². The SMILES string of the molecule is CCc1cc(=O)[nH]c(-c2ccc(N3CCCC3CN3CCCC3CO)nc2)n1. The first-order valence-corrected chi connectivity index (χ1v) is 10.4. The van der Waals surface area contributed by atoms with Crippen molar-refractivity contribution in [2.24, 2.45) is 0 Å². The van der Waals surface area contributed by atoms with Gasteiger partial charge in [0, 0.05) is 48.7 Å². The maximum atomic E-state index is 11.8. The molecule has 2 aliphatic heterocycles. The zero-order chi connectivity index (χ0) is 19.5. The topological polar surface area (TPSA) is 85.4 Å². The average molecular weight is 383 g/mol. The normalized spacial score (nSPS) is 22.9. The Labute approximate surface area is 165 Å². The average Bonchev–Trinajstić information content (AvgIpc) is 3.37. The summed E-state index contributed by atoms with van der Waals surface area (Å²) in [6.07, 6.45) is 7.12. The highest BCUT2D eigenvalue weighted by Gasteiger charge is 2.31. The molecule has 2 saturated heterocycles. The summed E-state index contributed by atoms with van der Waals surface area (Å²) in [7, 11) is 0. The predicted octanol–water partition coefficient (Wildman–Crippen LogP) is 1.82. The summed E-state index contributed by atoms with van der Waals surface area (Å²) in [5.41, 5.74) is 1.48. The van der Waals surface area contributed by atoms with Crippen LogP contribution in [0, 0.1) is 0 Å². The van der Waals surface area contributed by atoms with Gasteiger partial charge in [-0.25, -0.2) is 9.97 Å². The minimum Gasteiger partial charge on any atom is -0.395 e. The number of anilines is 1. The van der Waals surface area contributed by atoms with Crippen LogP contribution in [0.1, 0.15) is 38.3 Å². The molecule has 0 bridgehead atoms. The second kappa shape index (κ2) is 8.41. The Morgan fingerprint density at radius 3 is 2.79 bits per heavy atom. The number of aromatic amines is 1. The Kier molecular flexibility index (Phi) is 5.73. The van der Waals surface area contributed by atoms with E-state index in [0.29, 0.717) is 17.9 Å². The number of likely N-dealkylation sites (tertiary alicyclic amines) is 1. The molecule has 4 heterocycles. The third-order valence-corrected chi connectivity index (χ3v) is 6.00. The third-order valence-electron chi connectivity index (χ3n) is 6.00. The number of hydrogen-bond donors (Lipinski definition) is 2. The molecule has 2 atom stereocenters. The second-order valence-electron chi connectivity index (χ2n) is 7.81. The van der Waals surface area contributed by atoms with Crippen molar-refractivity contribution in [1.82, 2.24) is 19.9 Å². The molecule has 4 rings (SSSR count). The molecular formula is C21H29N5O2. The van der Waals surface area contributed by atoms with Gasteiger partial charge in [-0.1, -0.05) is 6.92 Å². The maximum Gasteiger partial charge on any atom is 0.251 e. The van der Waals surface area contributed by atoms with E-state index in [1.54, 1.807) is 6.20 Å². The van der Waals surface area contributed by atoms with Gasteiger partial charge in [0.05, 0.1) is 6.61 Å². The van der Waals surface area contributed by atoms with Crippen LogP contribution in [0.3, 0.4) is 0 Å². The lowest BCUT2D eigenvalue weighted by molar-refractivity contribution is 0.153. The van der Waals surface area contributed by atoms with Crippen LogP contribution in [0.2, 0.25) is 0 Å².